The third-order valence-electron chi connectivity index (χ3n) is 4.55. The fourth-order valence-electron chi connectivity index (χ4n) is 3.38. The second kappa shape index (κ2) is 5.19. The number of hydrogen-bond acceptors (Lipinski definition) is 4. The summed E-state index contributed by atoms with van der Waals surface area (Å²) in [6, 6.07) is 0. The van der Waals surface area contributed by atoms with Crippen LogP contribution in [0.2, 0.25) is 0 Å². The molecule has 0 spiro atoms. The van der Waals surface area contributed by atoms with Gasteiger partial charge in [0.05, 0.1) is 17.5 Å². The topological polar surface area (TPSA) is 79.3 Å². The molecule has 1 heterocycles. The zero-order chi connectivity index (χ0) is 16.1. The van der Waals surface area contributed by atoms with Gasteiger partial charge in [-0.15, -0.1) is 11.3 Å². The van der Waals surface area contributed by atoms with Crippen LogP contribution in [0.15, 0.2) is 17.5 Å². The molecule has 2 N–H and O–H groups in total. The van der Waals surface area contributed by atoms with Crippen molar-refractivity contribution in [3.8, 4) is 0 Å². The Labute approximate surface area is 133 Å². The molecule has 0 radical (unpaired) electrons. The Morgan fingerprint density at radius 3 is 2.45 bits per heavy atom. The number of carbonyl (C=O) groups is 2. The number of fused-ring (bicyclic) bond motifs is 2. The lowest BCUT2D eigenvalue weighted by atomic mass is 9.82. The summed E-state index contributed by atoms with van der Waals surface area (Å²) in [5.41, 5.74) is 0.855. The summed E-state index contributed by atoms with van der Waals surface area (Å²) in [4.78, 5) is 28.5. The van der Waals surface area contributed by atoms with E-state index in [0.29, 0.717) is 5.13 Å². The van der Waals surface area contributed by atoms with Crippen LogP contribution < -0.4 is 5.32 Å². The number of carboxylic acid groups (broad SMARTS) is 1. The van der Waals surface area contributed by atoms with Gasteiger partial charge in [-0.25, -0.2) is 4.98 Å². The van der Waals surface area contributed by atoms with E-state index in [4.69, 9.17) is 0 Å². The van der Waals surface area contributed by atoms with E-state index in [1.54, 1.807) is 0 Å². The number of rotatable bonds is 3. The molecule has 1 aromatic heterocycles. The molecule has 118 valence electrons. The molecule has 0 aromatic carbocycles. The van der Waals surface area contributed by atoms with Crippen LogP contribution in [-0.2, 0) is 15.0 Å². The van der Waals surface area contributed by atoms with Gasteiger partial charge in [0.1, 0.15) is 0 Å². The Balaban J connectivity index is 1.76. The van der Waals surface area contributed by atoms with Crippen LogP contribution in [0.5, 0.6) is 0 Å². The highest BCUT2D eigenvalue weighted by molar-refractivity contribution is 7.13. The van der Waals surface area contributed by atoms with E-state index in [-0.39, 0.29) is 23.2 Å². The highest BCUT2D eigenvalue weighted by Crippen LogP contribution is 2.48. The maximum Gasteiger partial charge on any atom is 0.307 e. The standard InChI is InChI=1S/C16H20N2O3S/c1-16(2,3)10-7-22-15(17-10)18-13(19)11-8-4-5-9(6-8)12(11)14(20)21/h4-5,7-9,11-12H,6H2,1-3H3,(H,20,21)(H,17,18,19)/t8-,9-,11-,12+/m0/s1. The highest BCUT2D eigenvalue weighted by atomic mass is 32.1. The van der Waals surface area contributed by atoms with Gasteiger partial charge in [-0.1, -0.05) is 32.9 Å². The first-order valence-corrected chi connectivity index (χ1v) is 8.33. The van der Waals surface area contributed by atoms with E-state index in [0.717, 1.165) is 12.1 Å². The molecule has 5 nitrogen and oxygen atoms in total. The number of allylic oxidation sites excluding steroid dienone is 2. The Bertz CT molecular complexity index is 644. The summed E-state index contributed by atoms with van der Waals surface area (Å²) in [5.74, 6) is -2.19. The summed E-state index contributed by atoms with van der Waals surface area (Å²) in [7, 11) is 0. The predicted molar refractivity (Wildman–Crippen MR) is 84.8 cm³/mol. The maximum absolute atomic E-state index is 12.5. The second-order valence-electron chi connectivity index (χ2n) is 7.12. The molecular weight excluding hydrogens is 300 g/mol. The van der Waals surface area contributed by atoms with Crippen molar-refractivity contribution in [1.29, 1.82) is 0 Å². The van der Waals surface area contributed by atoms with E-state index >= 15 is 0 Å². The van der Waals surface area contributed by atoms with Gasteiger partial charge in [0.25, 0.3) is 0 Å². The Morgan fingerprint density at radius 2 is 1.91 bits per heavy atom. The third kappa shape index (κ3) is 2.56. The fourth-order valence-corrected chi connectivity index (χ4v) is 4.32. The van der Waals surface area contributed by atoms with Crippen molar-refractivity contribution >= 4 is 28.3 Å². The SMILES string of the molecule is CC(C)(C)c1csc(NC(=O)[C@@H]2[C@H](C(=O)O)[C@H]3C=C[C@H]2C3)n1. The summed E-state index contributed by atoms with van der Waals surface area (Å²) in [6.45, 7) is 6.19. The smallest absolute Gasteiger partial charge is 0.307 e. The van der Waals surface area contributed by atoms with Gasteiger partial charge in [-0.3, -0.25) is 9.59 Å². The van der Waals surface area contributed by atoms with E-state index in [1.165, 1.54) is 11.3 Å². The quantitative estimate of drug-likeness (QED) is 0.839. The van der Waals surface area contributed by atoms with Gasteiger partial charge in [0.2, 0.25) is 5.91 Å². The molecule has 3 rings (SSSR count). The minimum Gasteiger partial charge on any atom is -0.481 e. The lowest BCUT2D eigenvalue weighted by Gasteiger charge is -2.23. The van der Waals surface area contributed by atoms with Gasteiger partial charge >= 0.3 is 5.97 Å². The number of thiazole rings is 1. The van der Waals surface area contributed by atoms with Crippen molar-refractivity contribution in [2.24, 2.45) is 23.7 Å². The average Bonchev–Trinajstić information content (AvgIpc) is 3.11. The largest absolute Gasteiger partial charge is 0.481 e. The molecule has 2 bridgehead atoms. The van der Waals surface area contributed by atoms with Crippen molar-refractivity contribution in [3.05, 3.63) is 23.2 Å². The Hall–Kier alpha value is -1.69. The van der Waals surface area contributed by atoms with Crippen LogP contribution in [-0.4, -0.2) is 22.0 Å². The van der Waals surface area contributed by atoms with E-state index in [1.807, 2.05) is 17.5 Å². The Morgan fingerprint density at radius 1 is 1.27 bits per heavy atom. The molecule has 6 heteroatoms. The fraction of sp³-hybridized carbons (Fsp3) is 0.562. The third-order valence-corrected chi connectivity index (χ3v) is 5.31. The number of amides is 1. The second-order valence-corrected chi connectivity index (χ2v) is 7.97. The van der Waals surface area contributed by atoms with E-state index in [9.17, 15) is 14.7 Å². The summed E-state index contributed by atoms with van der Waals surface area (Å²) >= 11 is 1.38. The minimum absolute atomic E-state index is 0.0142. The molecule has 1 saturated carbocycles. The number of aromatic nitrogens is 1. The molecule has 1 amide bonds. The number of nitrogens with zero attached hydrogens (tertiary/aromatic N) is 1. The zero-order valence-corrected chi connectivity index (χ0v) is 13.7. The molecule has 1 aromatic rings. The Kier molecular flexibility index (Phi) is 3.59. The monoisotopic (exact) mass is 320 g/mol. The van der Waals surface area contributed by atoms with Gasteiger partial charge in [0.15, 0.2) is 5.13 Å². The van der Waals surface area contributed by atoms with E-state index < -0.39 is 17.8 Å². The normalized spacial score (nSPS) is 29.8. The van der Waals surface area contributed by atoms with Gasteiger partial charge in [-0.2, -0.15) is 0 Å². The number of nitrogens with one attached hydrogen (secondary N) is 1. The summed E-state index contributed by atoms with van der Waals surface area (Å²) in [6.07, 6.45) is 4.69. The molecule has 4 atom stereocenters. The van der Waals surface area contributed by atoms with Crippen LogP contribution in [0.3, 0.4) is 0 Å². The first-order valence-electron chi connectivity index (χ1n) is 7.45. The number of hydrogen-bond donors (Lipinski definition) is 2. The van der Waals surface area contributed by atoms with Crippen molar-refractivity contribution < 1.29 is 14.7 Å². The number of aliphatic carboxylic acids is 1. The van der Waals surface area contributed by atoms with Crippen LogP contribution in [0.4, 0.5) is 5.13 Å². The molecule has 1 fully saturated rings. The van der Waals surface area contributed by atoms with Crippen LogP contribution >= 0.6 is 11.3 Å². The van der Waals surface area contributed by atoms with Crippen molar-refractivity contribution in [2.75, 3.05) is 5.32 Å². The van der Waals surface area contributed by atoms with Crippen LogP contribution in [0.25, 0.3) is 0 Å². The van der Waals surface area contributed by atoms with Crippen molar-refractivity contribution in [2.45, 2.75) is 32.6 Å². The van der Waals surface area contributed by atoms with Gasteiger partial charge in [-0.05, 0) is 18.3 Å². The molecule has 2 aliphatic carbocycles. The predicted octanol–water partition coefficient (Wildman–Crippen LogP) is 2.90. The summed E-state index contributed by atoms with van der Waals surface area (Å²) < 4.78 is 0. The first-order chi connectivity index (χ1) is 10.3. The number of carbonyl (C=O) groups excluding carboxylic acids is 1. The lowest BCUT2D eigenvalue weighted by Crippen LogP contribution is -2.36. The van der Waals surface area contributed by atoms with Gasteiger partial charge in [0, 0.05) is 10.8 Å². The molecule has 0 saturated heterocycles. The zero-order valence-electron chi connectivity index (χ0n) is 12.9. The van der Waals surface area contributed by atoms with Crippen LogP contribution in [0, 0.1) is 23.7 Å². The maximum atomic E-state index is 12.5. The molecule has 22 heavy (non-hydrogen) atoms. The average molecular weight is 320 g/mol. The number of anilines is 1. The first kappa shape index (κ1) is 15.2. The van der Waals surface area contributed by atoms with Crippen LogP contribution in [0.1, 0.15) is 32.9 Å². The summed E-state index contributed by atoms with van der Waals surface area (Å²) in [5, 5.41) is 14.7. The van der Waals surface area contributed by atoms with Crippen molar-refractivity contribution in [3.63, 3.8) is 0 Å². The van der Waals surface area contributed by atoms with Crippen molar-refractivity contribution in [1.82, 2.24) is 4.98 Å². The number of carboxylic acids is 1. The minimum atomic E-state index is -0.883. The highest BCUT2D eigenvalue weighted by Gasteiger charge is 2.51. The van der Waals surface area contributed by atoms with Gasteiger partial charge < -0.3 is 10.4 Å². The molecule has 0 aliphatic heterocycles. The molecule has 2 aliphatic rings. The molecule has 0 unspecified atom stereocenters. The lowest BCUT2D eigenvalue weighted by molar-refractivity contribution is -0.146. The molecular formula is C16H20N2O3S. The van der Waals surface area contributed by atoms with E-state index in [2.05, 4.69) is 31.1 Å².